The summed E-state index contributed by atoms with van der Waals surface area (Å²) in [5, 5.41) is 3.27. The molecule has 0 aliphatic carbocycles. The highest BCUT2D eigenvalue weighted by Crippen LogP contribution is 2.08. The molecule has 0 bridgehead atoms. The van der Waals surface area contributed by atoms with Crippen LogP contribution in [0.2, 0.25) is 0 Å². The molecule has 0 aromatic carbocycles. The van der Waals surface area contributed by atoms with E-state index in [-0.39, 0.29) is 6.10 Å². The Hall–Kier alpha value is -0.120. The lowest BCUT2D eigenvalue weighted by atomic mass is 10.1. The van der Waals surface area contributed by atoms with E-state index in [9.17, 15) is 0 Å². The molecule has 0 aromatic heterocycles. The highest BCUT2D eigenvalue weighted by molar-refractivity contribution is 4.66. The van der Waals surface area contributed by atoms with Crippen LogP contribution in [0.4, 0.5) is 0 Å². The molecule has 1 saturated heterocycles. The van der Waals surface area contributed by atoms with Crippen molar-refractivity contribution < 1.29 is 9.78 Å². The van der Waals surface area contributed by atoms with E-state index in [2.05, 4.69) is 5.32 Å². The first-order valence-electron chi connectivity index (χ1n) is 4.32. The van der Waals surface area contributed by atoms with Crippen molar-refractivity contribution in [2.45, 2.75) is 38.9 Å². The minimum absolute atomic E-state index is 0.171. The van der Waals surface area contributed by atoms with Crippen molar-refractivity contribution in [2.75, 3.05) is 13.1 Å². The Bertz CT molecular complexity index is 100. The minimum atomic E-state index is 0.171. The average molecular weight is 159 g/mol. The van der Waals surface area contributed by atoms with E-state index in [4.69, 9.17) is 9.78 Å². The lowest BCUT2D eigenvalue weighted by Gasteiger charge is -2.22. The molecule has 0 atom stereocenters. The summed E-state index contributed by atoms with van der Waals surface area (Å²) in [5.74, 6) is 0. The number of hydrogen-bond donors (Lipinski definition) is 1. The monoisotopic (exact) mass is 159 g/mol. The van der Waals surface area contributed by atoms with Gasteiger partial charge in [-0.25, -0.2) is 9.78 Å². The van der Waals surface area contributed by atoms with Gasteiger partial charge in [0.05, 0.1) is 12.2 Å². The standard InChI is InChI=1S/C8H17NO2/c1-7(2)10-11-8-3-5-9-6-4-8/h7-9H,3-6H2,1-2H3. The molecule has 1 fully saturated rings. The fourth-order valence-corrected chi connectivity index (χ4v) is 1.08. The molecule has 0 amide bonds. The van der Waals surface area contributed by atoms with Crippen LogP contribution in [0.3, 0.4) is 0 Å². The van der Waals surface area contributed by atoms with E-state index in [0.717, 1.165) is 25.9 Å². The van der Waals surface area contributed by atoms with Crippen molar-refractivity contribution in [1.29, 1.82) is 0 Å². The van der Waals surface area contributed by atoms with Crippen LogP contribution in [-0.2, 0) is 9.78 Å². The highest BCUT2D eigenvalue weighted by Gasteiger charge is 2.14. The molecular weight excluding hydrogens is 142 g/mol. The van der Waals surface area contributed by atoms with Crippen molar-refractivity contribution in [2.24, 2.45) is 0 Å². The molecule has 0 radical (unpaired) electrons. The van der Waals surface area contributed by atoms with Crippen LogP contribution in [0.25, 0.3) is 0 Å². The first-order chi connectivity index (χ1) is 5.29. The molecule has 0 saturated carbocycles. The van der Waals surface area contributed by atoms with E-state index in [1.54, 1.807) is 0 Å². The molecule has 3 nitrogen and oxygen atoms in total. The van der Waals surface area contributed by atoms with E-state index in [1.807, 2.05) is 13.8 Å². The molecule has 11 heavy (non-hydrogen) atoms. The predicted octanol–water partition coefficient (Wildman–Crippen LogP) is 1.09. The van der Waals surface area contributed by atoms with Gasteiger partial charge in [0.15, 0.2) is 0 Å². The van der Waals surface area contributed by atoms with Gasteiger partial charge in [0.1, 0.15) is 0 Å². The third-order valence-corrected chi connectivity index (χ3v) is 1.67. The van der Waals surface area contributed by atoms with Gasteiger partial charge in [-0.1, -0.05) is 0 Å². The number of hydrogen-bond acceptors (Lipinski definition) is 3. The molecule has 1 heterocycles. The third-order valence-electron chi connectivity index (χ3n) is 1.67. The second kappa shape index (κ2) is 4.70. The van der Waals surface area contributed by atoms with Crippen molar-refractivity contribution in [3.05, 3.63) is 0 Å². The fraction of sp³-hybridized carbons (Fsp3) is 1.00. The maximum atomic E-state index is 5.20. The molecule has 0 unspecified atom stereocenters. The van der Waals surface area contributed by atoms with Gasteiger partial charge in [0.25, 0.3) is 0 Å². The van der Waals surface area contributed by atoms with Crippen LogP contribution in [0.5, 0.6) is 0 Å². The Morgan fingerprint density at radius 2 is 1.91 bits per heavy atom. The Labute approximate surface area is 68.0 Å². The summed E-state index contributed by atoms with van der Waals surface area (Å²) in [6.45, 7) is 6.04. The quantitative estimate of drug-likeness (QED) is 0.494. The topological polar surface area (TPSA) is 30.5 Å². The zero-order valence-corrected chi connectivity index (χ0v) is 7.30. The van der Waals surface area contributed by atoms with Crippen LogP contribution in [0, 0.1) is 0 Å². The van der Waals surface area contributed by atoms with Gasteiger partial charge >= 0.3 is 0 Å². The number of nitrogens with one attached hydrogen (secondary N) is 1. The maximum Gasteiger partial charge on any atom is 0.0954 e. The second-order valence-electron chi connectivity index (χ2n) is 3.19. The Morgan fingerprint density at radius 1 is 1.27 bits per heavy atom. The van der Waals surface area contributed by atoms with E-state index < -0.39 is 0 Å². The largest absolute Gasteiger partial charge is 0.317 e. The van der Waals surface area contributed by atoms with Gasteiger partial charge in [-0.05, 0) is 39.8 Å². The van der Waals surface area contributed by atoms with Crippen LogP contribution in [-0.4, -0.2) is 25.3 Å². The zero-order valence-electron chi connectivity index (χ0n) is 7.30. The molecular formula is C8H17NO2. The minimum Gasteiger partial charge on any atom is -0.317 e. The van der Waals surface area contributed by atoms with Crippen molar-refractivity contribution >= 4 is 0 Å². The number of piperidine rings is 1. The molecule has 1 rings (SSSR count). The van der Waals surface area contributed by atoms with Crippen LogP contribution in [0.1, 0.15) is 26.7 Å². The Morgan fingerprint density at radius 3 is 2.45 bits per heavy atom. The molecule has 1 aliphatic heterocycles. The van der Waals surface area contributed by atoms with E-state index in [0.29, 0.717) is 6.10 Å². The fourth-order valence-electron chi connectivity index (χ4n) is 1.08. The lowest BCUT2D eigenvalue weighted by Crippen LogP contribution is -2.33. The molecule has 1 aliphatic rings. The van der Waals surface area contributed by atoms with Crippen molar-refractivity contribution in [3.8, 4) is 0 Å². The van der Waals surface area contributed by atoms with Gasteiger partial charge in [0.2, 0.25) is 0 Å². The van der Waals surface area contributed by atoms with E-state index in [1.165, 1.54) is 0 Å². The van der Waals surface area contributed by atoms with Gasteiger partial charge in [-0.15, -0.1) is 0 Å². The average Bonchev–Trinajstić information content (AvgIpc) is 2.03. The highest BCUT2D eigenvalue weighted by atomic mass is 17.2. The Balaban J connectivity index is 2.05. The third kappa shape index (κ3) is 3.70. The second-order valence-corrected chi connectivity index (χ2v) is 3.19. The summed E-state index contributed by atoms with van der Waals surface area (Å²) in [7, 11) is 0. The van der Waals surface area contributed by atoms with Gasteiger partial charge in [-0.3, -0.25) is 0 Å². The van der Waals surface area contributed by atoms with Gasteiger partial charge in [0, 0.05) is 0 Å². The zero-order chi connectivity index (χ0) is 8.10. The molecule has 1 N–H and O–H groups in total. The first kappa shape index (κ1) is 8.97. The van der Waals surface area contributed by atoms with Crippen molar-refractivity contribution in [3.63, 3.8) is 0 Å². The van der Waals surface area contributed by atoms with E-state index >= 15 is 0 Å². The molecule has 0 aromatic rings. The maximum absolute atomic E-state index is 5.20. The first-order valence-corrected chi connectivity index (χ1v) is 4.32. The van der Waals surface area contributed by atoms with Gasteiger partial charge < -0.3 is 5.32 Å². The number of rotatable bonds is 3. The summed E-state index contributed by atoms with van der Waals surface area (Å²) in [4.78, 5) is 10.3. The van der Waals surface area contributed by atoms with Crippen LogP contribution >= 0.6 is 0 Å². The van der Waals surface area contributed by atoms with Crippen LogP contribution in [0.15, 0.2) is 0 Å². The lowest BCUT2D eigenvalue weighted by molar-refractivity contribution is -0.347. The summed E-state index contributed by atoms with van der Waals surface area (Å²) in [5.41, 5.74) is 0. The Kier molecular flexibility index (Phi) is 3.83. The SMILES string of the molecule is CC(C)OOC1CCNCC1. The predicted molar refractivity (Wildman–Crippen MR) is 43.2 cm³/mol. The summed E-state index contributed by atoms with van der Waals surface area (Å²) in [6, 6.07) is 0. The van der Waals surface area contributed by atoms with Gasteiger partial charge in [-0.2, -0.15) is 0 Å². The molecule has 66 valence electrons. The summed E-state index contributed by atoms with van der Waals surface area (Å²) >= 11 is 0. The molecule has 0 spiro atoms. The van der Waals surface area contributed by atoms with Crippen molar-refractivity contribution in [1.82, 2.24) is 5.32 Å². The summed E-state index contributed by atoms with van der Waals surface area (Å²) < 4.78 is 0. The molecule has 3 heteroatoms. The summed E-state index contributed by atoms with van der Waals surface area (Å²) in [6.07, 6.45) is 2.60. The smallest absolute Gasteiger partial charge is 0.0954 e. The normalized spacial score (nSPS) is 21.0. The van der Waals surface area contributed by atoms with Crippen LogP contribution < -0.4 is 5.32 Å².